The smallest absolute Gasteiger partial charge is 0.312 e. The second-order valence-electron chi connectivity index (χ2n) is 8.72. The van der Waals surface area contributed by atoms with Gasteiger partial charge in [-0.2, -0.15) is 0 Å². The van der Waals surface area contributed by atoms with Gasteiger partial charge in [0, 0.05) is 0 Å². The molecule has 0 saturated heterocycles. The number of rotatable bonds is 7. The normalized spacial score (nSPS) is 34.7. The molecule has 2 saturated carbocycles. The number of hydrogen-bond donors (Lipinski definition) is 2. The van der Waals surface area contributed by atoms with Gasteiger partial charge in [0.2, 0.25) is 0 Å². The SMILES string of the molecule is CCC(C)(C)C(=O)OC1(C)CC2CC(CC(OCC(O)CO)C2)C1. The van der Waals surface area contributed by atoms with Gasteiger partial charge in [-0.15, -0.1) is 0 Å². The highest BCUT2D eigenvalue weighted by Gasteiger charge is 2.45. The topological polar surface area (TPSA) is 76.0 Å². The third kappa shape index (κ3) is 4.93. The van der Waals surface area contributed by atoms with E-state index in [2.05, 4.69) is 6.92 Å². The fourth-order valence-corrected chi connectivity index (χ4v) is 4.17. The maximum Gasteiger partial charge on any atom is 0.312 e. The molecule has 0 aliphatic heterocycles. The molecule has 24 heavy (non-hydrogen) atoms. The number of carbonyl (C=O) groups is 1. The first kappa shape index (κ1) is 19.7. The van der Waals surface area contributed by atoms with Crippen LogP contribution in [0.25, 0.3) is 0 Å². The zero-order valence-electron chi connectivity index (χ0n) is 15.6. The van der Waals surface area contributed by atoms with Crippen LogP contribution in [0, 0.1) is 17.3 Å². The average molecular weight is 342 g/mol. The molecular weight excluding hydrogens is 308 g/mol. The molecule has 2 aliphatic carbocycles. The van der Waals surface area contributed by atoms with Crippen LogP contribution in [0.3, 0.4) is 0 Å². The van der Waals surface area contributed by atoms with Crippen molar-refractivity contribution in [2.75, 3.05) is 13.2 Å². The van der Waals surface area contributed by atoms with E-state index in [1.807, 2.05) is 20.8 Å². The number of fused-ring (bicyclic) bond motifs is 2. The van der Waals surface area contributed by atoms with E-state index in [0.717, 1.165) is 32.1 Å². The fraction of sp³-hybridized carbons (Fsp3) is 0.947. The molecule has 0 heterocycles. The summed E-state index contributed by atoms with van der Waals surface area (Å²) < 4.78 is 11.7. The standard InChI is InChI=1S/C19H34O5/c1-5-18(2,3)17(22)24-19(4)9-13-6-14(10-19)8-16(7-13)23-12-15(21)11-20/h13-16,20-21H,5-12H2,1-4H3. The number of esters is 1. The molecule has 5 heteroatoms. The Hall–Kier alpha value is -0.650. The van der Waals surface area contributed by atoms with E-state index < -0.39 is 11.5 Å². The molecule has 0 amide bonds. The van der Waals surface area contributed by atoms with Crippen LogP contribution in [-0.4, -0.2) is 47.2 Å². The Balaban J connectivity index is 1.91. The summed E-state index contributed by atoms with van der Waals surface area (Å²) in [7, 11) is 0. The highest BCUT2D eigenvalue weighted by molar-refractivity contribution is 5.76. The van der Waals surface area contributed by atoms with E-state index in [4.69, 9.17) is 14.6 Å². The summed E-state index contributed by atoms with van der Waals surface area (Å²) in [6, 6.07) is 0. The number of ether oxygens (including phenoxy) is 2. The van der Waals surface area contributed by atoms with Crippen LogP contribution in [0.5, 0.6) is 0 Å². The molecule has 2 fully saturated rings. The highest BCUT2D eigenvalue weighted by Crippen LogP contribution is 2.47. The van der Waals surface area contributed by atoms with Gasteiger partial charge in [0.05, 0.1) is 24.7 Å². The molecule has 5 nitrogen and oxygen atoms in total. The van der Waals surface area contributed by atoms with E-state index in [1.165, 1.54) is 6.42 Å². The summed E-state index contributed by atoms with van der Waals surface area (Å²) in [5.41, 5.74) is -0.797. The predicted molar refractivity (Wildman–Crippen MR) is 91.5 cm³/mol. The maximum atomic E-state index is 12.5. The molecule has 0 spiro atoms. The molecular formula is C19H34O5. The van der Waals surface area contributed by atoms with Crippen molar-refractivity contribution >= 4 is 5.97 Å². The van der Waals surface area contributed by atoms with Gasteiger partial charge in [0.1, 0.15) is 11.7 Å². The summed E-state index contributed by atoms with van der Waals surface area (Å²) >= 11 is 0. The van der Waals surface area contributed by atoms with E-state index in [-0.39, 0.29) is 30.9 Å². The summed E-state index contributed by atoms with van der Waals surface area (Å²) in [4.78, 5) is 12.5. The number of aliphatic hydroxyl groups excluding tert-OH is 2. The minimum atomic E-state index is -0.797. The van der Waals surface area contributed by atoms with Crippen molar-refractivity contribution in [2.24, 2.45) is 17.3 Å². The first-order valence-electron chi connectivity index (χ1n) is 9.31. The minimum absolute atomic E-state index is 0.0914. The minimum Gasteiger partial charge on any atom is -0.459 e. The molecule has 2 bridgehead atoms. The zero-order valence-corrected chi connectivity index (χ0v) is 15.6. The van der Waals surface area contributed by atoms with Gasteiger partial charge in [-0.3, -0.25) is 4.79 Å². The molecule has 140 valence electrons. The lowest BCUT2D eigenvalue weighted by molar-refractivity contribution is -0.180. The number of aliphatic hydroxyl groups is 2. The van der Waals surface area contributed by atoms with E-state index in [9.17, 15) is 9.90 Å². The van der Waals surface area contributed by atoms with Crippen molar-refractivity contribution in [3.8, 4) is 0 Å². The van der Waals surface area contributed by atoms with Crippen LogP contribution in [0.15, 0.2) is 0 Å². The van der Waals surface area contributed by atoms with Crippen LogP contribution in [0.4, 0.5) is 0 Å². The number of carbonyl (C=O) groups excluding carboxylic acids is 1. The number of hydrogen-bond acceptors (Lipinski definition) is 5. The molecule has 0 aromatic carbocycles. The van der Waals surface area contributed by atoms with Gasteiger partial charge in [-0.1, -0.05) is 6.92 Å². The first-order chi connectivity index (χ1) is 11.2. The van der Waals surface area contributed by atoms with Gasteiger partial charge >= 0.3 is 5.97 Å². The van der Waals surface area contributed by atoms with Gasteiger partial charge < -0.3 is 19.7 Å². The molecule has 2 rings (SSSR count). The van der Waals surface area contributed by atoms with Crippen LogP contribution >= 0.6 is 0 Å². The summed E-state index contributed by atoms with van der Waals surface area (Å²) in [6.07, 6.45) is 4.95. The zero-order chi connectivity index (χ0) is 18.0. The van der Waals surface area contributed by atoms with Gasteiger partial charge in [-0.05, 0) is 71.1 Å². The molecule has 2 N–H and O–H groups in total. The molecule has 0 aromatic rings. The summed E-state index contributed by atoms with van der Waals surface area (Å²) in [6.45, 7) is 7.91. The fourth-order valence-electron chi connectivity index (χ4n) is 4.17. The first-order valence-corrected chi connectivity index (χ1v) is 9.31. The van der Waals surface area contributed by atoms with Crippen LogP contribution in [0.1, 0.15) is 66.2 Å². The van der Waals surface area contributed by atoms with Crippen molar-refractivity contribution in [1.29, 1.82) is 0 Å². The van der Waals surface area contributed by atoms with E-state index in [0.29, 0.717) is 11.8 Å². The van der Waals surface area contributed by atoms with Crippen molar-refractivity contribution in [2.45, 2.75) is 84.0 Å². The monoisotopic (exact) mass is 342 g/mol. The lowest BCUT2D eigenvalue weighted by atomic mass is 9.65. The van der Waals surface area contributed by atoms with Crippen molar-refractivity contribution in [3.63, 3.8) is 0 Å². The van der Waals surface area contributed by atoms with Crippen LogP contribution < -0.4 is 0 Å². The lowest BCUT2D eigenvalue weighted by Gasteiger charge is -2.47. The highest BCUT2D eigenvalue weighted by atomic mass is 16.6. The summed E-state index contributed by atoms with van der Waals surface area (Å²) in [5, 5.41) is 18.3. The van der Waals surface area contributed by atoms with Crippen molar-refractivity contribution < 1.29 is 24.5 Å². The second-order valence-corrected chi connectivity index (χ2v) is 8.72. The Morgan fingerprint density at radius 2 is 1.83 bits per heavy atom. The van der Waals surface area contributed by atoms with Gasteiger partial charge in [0.15, 0.2) is 0 Å². The third-order valence-corrected chi connectivity index (χ3v) is 5.81. The molecule has 0 radical (unpaired) electrons. The Morgan fingerprint density at radius 1 is 1.25 bits per heavy atom. The Morgan fingerprint density at radius 3 is 2.33 bits per heavy atom. The van der Waals surface area contributed by atoms with Crippen LogP contribution in [0.2, 0.25) is 0 Å². The third-order valence-electron chi connectivity index (χ3n) is 5.81. The van der Waals surface area contributed by atoms with Crippen molar-refractivity contribution in [3.05, 3.63) is 0 Å². The predicted octanol–water partition coefficient (Wildman–Crippen LogP) is 2.67. The lowest BCUT2D eigenvalue weighted by Crippen LogP contribution is -2.47. The summed E-state index contributed by atoms with van der Waals surface area (Å²) in [5.74, 6) is 0.902. The Labute approximate surface area is 145 Å². The Bertz CT molecular complexity index is 419. The van der Waals surface area contributed by atoms with Crippen LogP contribution in [-0.2, 0) is 14.3 Å². The quantitative estimate of drug-likeness (QED) is 0.696. The molecule has 0 aromatic heterocycles. The van der Waals surface area contributed by atoms with Gasteiger partial charge in [-0.25, -0.2) is 0 Å². The van der Waals surface area contributed by atoms with E-state index >= 15 is 0 Å². The largest absolute Gasteiger partial charge is 0.459 e. The molecule has 2 aliphatic rings. The average Bonchev–Trinajstić information content (AvgIpc) is 2.50. The maximum absolute atomic E-state index is 12.5. The van der Waals surface area contributed by atoms with Gasteiger partial charge in [0.25, 0.3) is 0 Å². The second kappa shape index (κ2) is 7.71. The molecule has 3 atom stereocenters. The van der Waals surface area contributed by atoms with E-state index in [1.54, 1.807) is 0 Å². The van der Waals surface area contributed by atoms with Crippen molar-refractivity contribution in [1.82, 2.24) is 0 Å². The molecule has 3 unspecified atom stereocenters. The Kier molecular flexibility index (Phi) is 6.32.